The van der Waals surface area contributed by atoms with E-state index in [0.717, 1.165) is 12.8 Å². The van der Waals surface area contributed by atoms with Crippen molar-refractivity contribution < 1.29 is 22.7 Å². The van der Waals surface area contributed by atoms with Crippen LogP contribution >= 0.6 is 0 Å². The fourth-order valence-corrected chi connectivity index (χ4v) is 3.05. The van der Waals surface area contributed by atoms with Crippen LogP contribution in [0.4, 0.5) is 8.78 Å². The first-order valence-electron chi connectivity index (χ1n) is 8.28. The summed E-state index contributed by atoms with van der Waals surface area (Å²) in [5.74, 6) is -0.436. The van der Waals surface area contributed by atoms with E-state index in [4.69, 9.17) is 13.9 Å². The number of halogens is 2. The maximum Gasteiger partial charge on any atom is 0.208 e. The van der Waals surface area contributed by atoms with E-state index < -0.39 is 11.6 Å². The Morgan fingerprint density at radius 2 is 1.54 bits per heavy atom. The molecule has 0 atom stereocenters. The van der Waals surface area contributed by atoms with Crippen molar-refractivity contribution in [1.82, 2.24) is 0 Å². The van der Waals surface area contributed by atoms with Crippen LogP contribution in [0.5, 0.6) is 11.5 Å². The summed E-state index contributed by atoms with van der Waals surface area (Å²) in [6.07, 6.45) is 3.46. The van der Waals surface area contributed by atoms with E-state index in [1.807, 2.05) is 0 Å². The summed E-state index contributed by atoms with van der Waals surface area (Å²) in [6, 6.07) is 6.51. The molecule has 4 rings (SSSR count). The molecular formula is C19H18F2O3. The first-order valence-corrected chi connectivity index (χ1v) is 8.28. The molecule has 1 saturated carbocycles. The quantitative estimate of drug-likeness (QED) is 0.623. The molecule has 3 nitrogen and oxygen atoms in total. The number of benzene rings is 2. The molecule has 126 valence electrons. The Labute approximate surface area is 138 Å². The van der Waals surface area contributed by atoms with Gasteiger partial charge in [-0.15, -0.1) is 0 Å². The minimum atomic E-state index is -0.609. The van der Waals surface area contributed by atoms with Crippen molar-refractivity contribution in [3.8, 4) is 11.5 Å². The van der Waals surface area contributed by atoms with Crippen LogP contribution in [-0.4, -0.2) is 13.2 Å². The molecule has 0 radical (unpaired) electrons. The molecule has 5 heteroatoms. The Morgan fingerprint density at radius 1 is 0.958 bits per heavy atom. The SMILES string of the molecule is CCOc1ccc2c(oc3c(F)c(OCC4CCC4)ccc32)c1F. The highest BCUT2D eigenvalue weighted by molar-refractivity contribution is 6.06. The standard InChI is InChI=1S/C19H18F2O3/c1-2-22-14-8-6-12-13-7-9-15(23-10-11-4-3-5-11)17(21)19(13)24-18(12)16(14)20/h6-9,11H,2-5,10H2,1H3. The van der Waals surface area contributed by atoms with E-state index in [2.05, 4.69) is 0 Å². The molecule has 0 unspecified atom stereocenters. The predicted octanol–water partition coefficient (Wildman–Crippen LogP) is 5.44. The van der Waals surface area contributed by atoms with Crippen LogP contribution in [0.25, 0.3) is 21.9 Å². The maximum absolute atomic E-state index is 14.7. The molecular weight excluding hydrogens is 314 g/mol. The van der Waals surface area contributed by atoms with Gasteiger partial charge in [-0.3, -0.25) is 0 Å². The molecule has 1 aromatic heterocycles. The lowest BCUT2D eigenvalue weighted by Crippen LogP contribution is -2.19. The van der Waals surface area contributed by atoms with Crippen molar-refractivity contribution >= 4 is 21.9 Å². The third-order valence-electron chi connectivity index (χ3n) is 4.62. The van der Waals surface area contributed by atoms with Crippen molar-refractivity contribution in [2.24, 2.45) is 5.92 Å². The van der Waals surface area contributed by atoms with Crippen molar-refractivity contribution in [3.63, 3.8) is 0 Å². The highest BCUT2D eigenvalue weighted by Gasteiger charge is 2.22. The van der Waals surface area contributed by atoms with Gasteiger partial charge in [-0.2, -0.15) is 8.78 Å². The van der Waals surface area contributed by atoms with Crippen molar-refractivity contribution in [2.75, 3.05) is 13.2 Å². The van der Waals surface area contributed by atoms with E-state index >= 15 is 0 Å². The van der Waals surface area contributed by atoms with Gasteiger partial charge in [-0.05, 0) is 49.9 Å². The summed E-state index contributed by atoms with van der Waals surface area (Å²) in [7, 11) is 0. The summed E-state index contributed by atoms with van der Waals surface area (Å²) in [5.41, 5.74) is 0.0228. The molecule has 1 aliphatic carbocycles. The van der Waals surface area contributed by atoms with Crippen molar-refractivity contribution in [3.05, 3.63) is 35.9 Å². The van der Waals surface area contributed by atoms with Gasteiger partial charge in [0, 0.05) is 10.8 Å². The molecule has 3 aromatic rings. The molecule has 0 saturated heterocycles. The second kappa shape index (κ2) is 5.96. The number of hydrogen-bond acceptors (Lipinski definition) is 3. The lowest BCUT2D eigenvalue weighted by atomic mass is 9.86. The average molecular weight is 332 g/mol. The largest absolute Gasteiger partial charge is 0.491 e. The zero-order chi connectivity index (χ0) is 16.7. The Hall–Kier alpha value is -2.30. The number of rotatable bonds is 5. The van der Waals surface area contributed by atoms with Crippen LogP contribution in [0.15, 0.2) is 28.7 Å². The molecule has 0 amide bonds. The van der Waals surface area contributed by atoms with E-state index in [1.54, 1.807) is 25.1 Å². The molecule has 1 fully saturated rings. The van der Waals surface area contributed by atoms with Gasteiger partial charge in [0.05, 0.1) is 13.2 Å². The molecule has 1 heterocycles. The van der Waals surface area contributed by atoms with E-state index in [0.29, 0.717) is 29.9 Å². The second-order valence-electron chi connectivity index (χ2n) is 6.15. The van der Waals surface area contributed by atoms with Crippen LogP contribution in [-0.2, 0) is 0 Å². The highest BCUT2D eigenvalue weighted by Crippen LogP contribution is 2.38. The van der Waals surface area contributed by atoms with Crippen LogP contribution in [0, 0.1) is 17.6 Å². The zero-order valence-electron chi connectivity index (χ0n) is 13.4. The molecule has 0 spiro atoms. The average Bonchev–Trinajstić information content (AvgIpc) is 2.91. The number of fused-ring (bicyclic) bond motifs is 3. The van der Waals surface area contributed by atoms with E-state index in [9.17, 15) is 8.78 Å². The minimum Gasteiger partial charge on any atom is -0.491 e. The monoisotopic (exact) mass is 332 g/mol. The Balaban J connectivity index is 1.76. The van der Waals surface area contributed by atoms with E-state index in [-0.39, 0.29) is 22.7 Å². The van der Waals surface area contributed by atoms with Gasteiger partial charge < -0.3 is 13.9 Å². The predicted molar refractivity (Wildman–Crippen MR) is 87.6 cm³/mol. The normalized spacial score (nSPS) is 15.0. The molecule has 1 aliphatic rings. The van der Waals surface area contributed by atoms with Gasteiger partial charge in [0.15, 0.2) is 22.7 Å². The third kappa shape index (κ3) is 2.39. The number of hydrogen-bond donors (Lipinski definition) is 0. The summed E-state index contributed by atoms with van der Waals surface area (Å²) < 4.78 is 45.4. The first-order chi connectivity index (χ1) is 11.7. The van der Waals surface area contributed by atoms with Crippen LogP contribution in [0.1, 0.15) is 26.2 Å². The van der Waals surface area contributed by atoms with Gasteiger partial charge in [0.25, 0.3) is 0 Å². The topological polar surface area (TPSA) is 31.6 Å². The van der Waals surface area contributed by atoms with Crippen molar-refractivity contribution in [2.45, 2.75) is 26.2 Å². The van der Waals surface area contributed by atoms with E-state index in [1.165, 1.54) is 12.5 Å². The molecule has 24 heavy (non-hydrogen) atoms. The molecule has 0 bridgehead atoms. The Bertz CT molecular complexity index is 897. The molecule has 0 aliphatic heterocycles. The summed E-state index contributed by atoms with van der Waals surface area (Å²) >= 11 is 0. The van der Waals surface area contributed by atoms with Gasteiger partial charge in [-0.1, -0.05) is 6.42 Å². The van der Waals surface area contributed by atoms with Gasteiger partial charge in [0.1, 0.15) is 0 Å². The lowest BCUT2D eigenvalue weighted by Gasteiger charge is -2.25. The van der Waals surface area contributed by atoms with Crippen molar-refractivity contribution in [1.29, 1.82) is 0 Å². The summed E-state index contributed by atoms with van der Waals surface area (Å²) in [6.45, 7) is 2.62. The Kier molecular flexibility index (Phi) is 3.79. The third-order valence-corrected chi connectivity index (χ3v) is 4.62. The van der Waals surface area contributed by atoms with Crippen LogP contribution in [0.2, 0.25) is 0 Å². The Morgan fingerprint density at radius 3 is 2.04 bits per heavy atom. The maximum atomic E-state index is 14.7. The lowest BCUT2D eigenvalue weighted by molar-refractivity contribution is 0.175. The molecule has 2 aromatic carbocycles. The zero-order valence-corrected chi connectivity index (χ0v) is 13.4. The number of furan rings is 1. The number of ether oxygens (including phenoxy) is 2. The summed E-state index contributed by atoms with van der Waals surface area (Å²) in [5, 5.41) is 1.05. The highest BCUT2D eigenvalue weighted by atomic mass is 19.1. The fraction of sp³-hybridized carbons (Fsp3) is 0.368. The smallest absolute Gasteiger partial charge is 0.208 e. The van der Waals surface area contributed by atoms with Gasteiger partial charge in [-0.25, -0.2) is 0 Å². The van der Waals surface area contributed by atoms with Gasteiger partial charge >= 0.3 is 0 Å². The fourth-order valence-electron chi connectivity index (χ4n) is 3.05. The summed E-state index contributed by atoms with van der Waals surface area (Å²) in [4.78, 5) is 0. The molecule has 0 N–H and O–H groups in total. The second-order valence-corrected chi connectivity index (χ2v) is 6.15. The van der Waals surface area contributed by atoms with Crippen LogP contribution in [0.3, 0.4) is 0 Å². The van der Waals surface area contributed by atoms with Gasteiger partial charge in [0.2, 0.25) is 11.6 Å². The first kappa shape index (κ1) is 15.2. The minimum absolute atomic E-state index is 0.00555. The van der Waals surface area contributed by atoms with Crippen LogP contribution < -0.4 is 9.47 Å².